The summed E-state index contributed by atoms with van der Waals surface area (Å²) in [5.41, 5.74) is 0. The van der Waals surface area contributed by atoms with Crippen LogP contribution in [0.3, 0.4) is 0 Å². The maximum Gasteiger partial charge on any atom is 0.264 e. The molecule has 0 heterocycles. The van der Waals surface area contributed by atoms with E-state index in [0.29, 0.717) is 45.9 Å². The van der Waals surface area contributed by atoms with Gasteiger partial charge in [0.15, 0.2) is 0 Å². The van der Waals surface area contributed by atoms with E-state index in [1.54, 1.807) is 0 Å². The fraction of sp³-hybridized carbons (Fsp3) is 0.800. The standard InChI is InChI=1S/C10H20O6S/c1-2-14-6-7-16-9-8-15-5-3-4-10-17(11,12)13/h2H,1,3-10H2,(H,11,12,13). The molecule has 0 aromatic heterocycles. The van der Waals surface area contributed by atoms with Crippen molar-refractivity contribution in [2.45, 2.75) is 12.8 Å². The van der Waals surface area contributed by atoms with Gasteiger partial charge in [0.1, 0.15) is 6.61 Å². The summed E-state index contributed by atoms with van der Waals surface area (Å²) >= 11 is 0. The Kier molecular flexibility index (Phi) is 10.1. The van der Waals surface area contributed by atoms with Crippen LogP contribution in [0, 0.1) is 0 Å². The third-order valence-electron chi connectivity index (χ3n) is 1.78. The van der Waals surface area contributed by atoms with Crippen molar-refractivity contribution in [3.05, 3.63) is 12.8 Å². The smallest absolute Gasteiger partial charge is 0.264 e. The third-order valence-corrected chi connectivity index (χ3v) is 2.58. The first-order valence-corrected chi connectivity index (χ1v) is 7.00. The predicted molar refractivity (Wildman–Crippen MR) is 63.4 cm³/mol. The molecule has 0 aliphatic rings. The highest BCUT2D eigenvalue weighted by molar-refractivity contribution is 7.85. The van der Waals surface area contributed by atoms with Gasteiger partial charge in [0.25, 0.3) is 10.1 Å². The second-order valence-corrected chi connectivity index (χ2v) is 4.83. The first kappa shape index (κ1) is 16.4. The zero-order valence-electron chi connectivity index (χ0n) is 9.84. The molecule has 0 fully saturated rings. The highest BCUT2D eigenvalue weighted by Crippen LogP contribution is 1.94. The predicted octanol–water partition coefficient (Wildman–Crippen LogP) is 0.848. The summed E-state index contributed by atoms with van der Waals surface area (Å²) in [6, 6.07) is 0. The summed E-state index contributed by atoms with van der Waals surface area (Å²) < 4.78 is 44.4. The Morgan fingerprint density at radius 2 is 1.59 bits per heavy atom. The van der Waals surface area contributed by atoms with Gasteiger partial charge < -0.3 is 14.2 Å². The maximum absolute atomic E-state index is 10.4. The molecule has 1 N–H and O–H groups in total. The molecule has 0 atom stereocenters. The Morgan fingerprint density at radius 1 is 1.00 bits per heavy atom. The summed E-state index contributed by atoms with van der Waals surface area (Å²) in [4.78, 5) is 0. The van der Waals surface area contributed by atoms with Crippen LogP contribution >= 0.6 is 0 Å². The van der Waals surface area contributed by atoms with Crippen molar-refractivity contribution >= 4 is 10.1 Å². The molecular weight excluding hydrogens is 248 g/mol. The van der Waals surface area contributed by atoms with E-state index in [1.165, 1.54) is 6.26 Å². The SMILES string of the molecule is C=COCCOCCOCCCCS(=O)(=O)O. The molecule has 0 aromatic carbocycles. The Bertz CT molecular complexity index is 275. The van der Waals surface area contributed by atoms with Crippen LogP contribution in [0.4, 0.5) is 0 Å². The van der Waals surface area contributed by atoms with Gasteiger partial charge in [-0.2, -0.15) is 8.42 Å². The van der Waals surface area contributed by atoms with E-state index in [9.17, 15) is 8.42 Å². The van der Waals surface area contributed by atoms with E-state index in [2.05, 4.69) is 6.58 Å². The molecule has 0 rings (SSSR count). The summed E-state index contributed by atoms with van der Waals surface area (Å²) in [6.45, 7) is 5.73. The average Bonchev–Trinajstić information content (AvgIpc) is 2.24. The average molecular weight is 268 g/mol. The molecule has 0 spiro atoms. The van der Waals surface area contributed by atoms with Crippen LogP contribution < -0.4 is 0 Å². The lowest BCUT2D eigenvalue weighted by atomic mass is 10.4. The lowest BCUT2D eigenvalue weighted by molar-refractivity contribution is 0.0300. The third kappa shape index (κ3) is 15.4. The Labute approximate surface area is 102 Å². The van der Waals surface area contributed by atoms with Gasteiger partial charge in [0, 0.05) is 6.61 Å². The van der Waals surface area contributed by atoms with Gasteiger partial charge in [0.05, 0.1) is 31.8 Å². The summed E-state index contributed by atoms with van der Waals surface area (Å²) in [5, 5.41) is 0. The Balaban J connectivity index is 3.06. The molecule has 0 saturated heterocycles. The van der Waals surface area contributed by atoms with Gasteiger partial charge in [-0.25, -0.2) is 0 Å². The molecule has 0 amide bonds. The minimum Gasteiger partial charge on any atom is -0.499 e. The second-order valence-electron chi connectivity index (χ2n) is 3.26. The molecule has 0 radical (unpaired) electrons. The van der Waals surface area contributed by atoms with Crippen molar-refractivity contribution in [2.75, 3.05) is 38.8 Å². The molecular formula is C10H20O6S. The number of ether oxygens (including phenoxy) is 3. The largest absolute Gasteiger partial charge is 0.499 e. The van der Waals surface area contributed by atoms with Gasteiger partial charge in [0.2, 0.25) is 0 Å². The Morgan fingerprint density at radius 3 is 2.18 bits per heavy atom. The van der Waals surface area contributed by atoms with Crippen molar-refractivity contribution < 1.29 is 27.2 Å². The molecule has 0 saturated carbocycles. The zero-order valence-corrected chi connectivity index (χ0v) is 10.7. The van der Waals surface area contributed by atoms with Crippen molar-refractivity contribution in [3.8, 4) is 0 Å². The fourth-order valence-corrected chi connectivity index (χ4v) is 1.57. The first-order valence-electron chi connectivity index (χ1n) is 5.39. The molecule has 102 valence electrons. The highest BCUT2D eigenvalue weighted by atomic mass is 32.2. The number of unbranched alkanes of at least 4 members (excludes halogenated alkanes) is 1. The minimum absolute atomic E-state index is 0.217. The van der Waals surface area contributed by atoms with E-state index in [1.807, 2.05) is 0 Å². The van der Waals surface area contributed by atoms with Crippen molar-refractivity contribution in [1.82, 2.24) is 0 Å². The van der Waals surface area contributed by atoms with Crippen LogP contribution in [0.5, 0.6) is 0 Å². The monoisotopic (exact) mass is 268 g/mol. The highest BCUT2D eigenvalue weighted by Gasteiger charge is 2.02. The molecule has 0 bridgehead atoms. The first-order chi connectivity index (χ1) is 8.06. The van der Waals surface area contributed by atoms with Crippen LogP contribution in [-0.2, 0) is 24.3 Å². The van der Waals surface area contributed by atoms with Crippen molar-refractivity contribution in [1.29, 1.82) is 0 Å². The van der Waals surface area contributed by atoms with Gasteiger partial charge in [-0.3, -0.25) is 4.55 Å². The quantitative estimate of drug-likeness (QED) is 0.321. The normalized spacial score (nSPS) is 11.4. The number of hydrogen-bond donors (Lipinski definition) is 1. The molecule has 0 aliphatic carbocycles. The van der Waals surface area contributed by atoms with Crippen molar-refractivity contribution in [3.63, 3.8) is 0 Å². The Hall–Kier alpha value is -0.630. The van der Waals surface area contributed by atoms with E-state index in [0.717, 1.165) is 0 Å². The fourth-order valence-electron chi connectivity index (χ4n) is 1.00. The van der Waals surface area contributed by atoms with Gasteiger partial charge in [-0.1, -0.05) is 6.58 Å². The summed E-state index contributed by atoms with van der Waals surface area (Å²) in [6.07, 6.45) is 2.35. The molecule has 0 aliphatic heterocycles. The number of hydrogen-bond acceptors (Lipinski definition) is 5. The lowest BCUT2D eigenvalue weighted by Gasteiger charge is -2.05. The molecule has 0 aromatic rings. The lowest BCUT2D eigenvalue weighted by Crippen LogP contribution is -2.09. The van der Waals surface area contributed by atoms with E-state index < -0.39 is 10.1 Å². The summed E-state index contributed by atoms with van der Waals surface area (Å²) in [5.74, 6) is -0.217. The second kappa shape index (κ2) is 10.5. The van der Waals surface area contributed by atoms with Crippen LogP contribution in [0.2, 0.25) is 0 Å². The van der Waals surface area contributed by atoms with Gasteiger partial charge >= 0.3 is 0 Å². The molecule has 0 unspecified atom stereocenters. The molecule has 17 heavy (non-hydrogen) atoms. The van der Waals surface area contributed by atoms with Gasteiger partial charge in [-0.15, -0.1) is 0 Å². The van der Waals surface area contributed by atoms with E-state index in [-0.39, 0.29) is 5.75 Å². The zero-order chi connectivity index (χ0) is 13.0. The number of rotatable bonds is 12. The maximum atomic E-state index is 10.4. The van der Waals surface area contributed by atoms with Crippen LogP contribution in [0.25, 0.3) is 0 Å². The minimum atomic E-state index is -3.84. The van der Waals surface area contributed by atoms with E-state index >= 15 is 0 Å². The summed E-state index contributed by atoms with van der Waals surface area (Å²) in [7, 11) is -3.84. The topological polar surface area (TPSA) is 82.1 Å². The van der Waals surface area contributed by atoms with E-state index in [4.69, 9.17) is 18.8 Å². The van der Waals surface area contributed by atoms with Crippen LogP contribution in [0.15, 0.2) is 12.8 Å². The van der Waals surface area contributed by atoms with Crippen LogP contribution in [0.1, 0.15) is 12.8 Å². The van der Waals surface area contributed by atoms with Crippen molar-refractivity contribution in [2.24, 2.45) is 0 Å². The molecule has 6 nitrogen and oxygen atoms in total. The van der Waals surface area contributed by atoms with Gasteiger partial charge in [-0.05, 0) is 12.8 Å². The van der Waals surface area contributed by atoms with Crippen LogP contribution in [-0.4, -0.2) is 51.8 Å². The molecule has 7 heteroatoms.